The first-order valence-corrected chi connectivity index (χ1v) is 5.56. The van der Waals surface area contributed by atoms with Crippen molar-refractivity contribution in [2.75, 3.05) is 13.2 Å². The number of hydrogen-bond acceptors (Lipinski definition) is 3. The molecule has 0 saturated carbocycles. The lowest BCUT2D eigenvalue weighted by atomic mass is 9.81. The first kappa shape index (κ1) is 13.3. The summed E-state index contributed by atoms with van der Waals surface area (Å²) in [6.07, 6.45) is -4.91. The van der Waals surface area contributed by atoms with Gasteiger partial charge in [0.15, 0.2) is 0 Å². The summed E-state index contributed by atoms with van der Waals surface area (Å²) in [6.45, 7) is 0.478. The Morgan fingerprint density at radius 2 is 1.89 bits per heavy atom. The highest BCUT2D eigenvalue weighted by atomic mass is 19.4. The number of alkyl halides is 3. The van der Waals surface area contributed by atoms with Crippen molar-refractivity contribution in [1.82, 2.24) is 0 Å². The second-order valence-corrected chi connectivity index (χ2v) is 4.46. The number of aliphatic hydroxyl groups is 1. The molecule has 1 saturated heterocycles. The number of ether oxygens (including phenoxy) is 1. The predicted octanol–water partition coefficient (Wildman–Crippen LogP) is 1.64. The summed E-state index contributed by atoms with van der Waals surface area (Å²) in [7, 11) is 0. The summed E-state index contributed by atoms with van der Waals surface area (Å²) in [6, 6.07) is 4.59. The minimum Gasteiger partial charge on any atom is -0.388 e. The van der Waals surface area contributed by atoms with Gasteiger partial charge in [0.2, 0.25) is 0 Å². The molecule has 0 spiro atoms. The van der Waals surface area contributed by atoms with Crippen LogP contribution < -0.4 is 5.73 Å². The van der Waals surface area contributed by atoms with Gasteiger partial charge in [0, 0.05) is 6.61 Å². The molecule has 3 N–H and O–H groups in total. The van der Waals surface area contributed by atoms with Crippen molar-refractivity contribution in [2.45, 2.75) is 24.2 Å². The van der Waals surface area contributed by atoms with Gasteiger partial charge in [0.05, 0.1) is 23.8 Å². The van der Waals surface area contributed by atoms with Crippen LogP contribution in [0.15, 0.2) is 24.3 Å². The lowest BCUT2D eigenvalue weighted by Crippen LogP contribution is -2.53. The summed E-state index contributed by atoms with van der Waals surface area (Å²) in [5.74, 6) is 0. The van der Waals surface area contributed by atoms with Crippen LogP contribution in [0.5, 0.6) is 0 Å². The Hall–Kier alpha value is -1.11. The average molecular weight is 261 g/mol. The average Bonchev–Trinajstić information content (AvgIpc) is 2.32. The first-order chi connectivity index (χ1) is 8.34. The Kier molecular flexibility index (Phi) is 3.35. The van der Waals surface area contributed by atoms with Crippen molar-refractivity contribution in [3.05, 3.63) is 35.4 Å². The fourth-order valence-corrected chi connectivity index (χ4v) is 2.06. The Morgan fingerprint density at radius 3 is 2.39 bits per heavy atom. The van der Waals surface area contributed by atoms with Crippen LogP contribution in [0.3, 0.4) is 0 Å². The molecule has 2 unspecified atom stereocenters. The highest BCUT2D eigenvalue weighted by Gasteiger charge is 2.39. The summed E-state index contributed by atoms with van der Waals surface area (Å²) in [5, 5.41) is 9.84. The zero-order valence-electron chi connectivity index (χ0n) is 9.57. The lowest BCUT2D eigenvalue weighted by molar-refractivity contribution is -0.137. The zero-order valence-corrected chi connectivity index (χ0v) is 9.57. The largest absolute Gasteiger partial charge is 0.416 e. The molecule has 0 aliphatic carbocycles. The quantitative estimate of drug-likeness (QED) is 0.808. The Labute approximate surface area is 102 Å². The third kappa shape index (κ3) is 2.36. The first-order valence-electron chi connectivity index (χ1n) is 5.56. The van der Waals surface area contributed by atoms with Gasteiger partial charge in [-0.25, -0.2) is 0 Å². The van der Waals surface area contributed by atoms with Crippen molar-refractivity contribution in [3.8, 4) is 0 Å². The Balaban J connectivity index is 2.28. The normalized spacial score (nSPS) is 29.3. The van der Waals surface area contributed by atoms with Crippen molar-refractivity contribution in [3.63, 3.8) is 0 Å². The molecule has 2 rings (SSSR count). The third-order valence-electron chi connectivity index (χ3n) is 3.28. The van der Waals surface area contributed by atoms with E-state index in [0.717, 1.165) is 12.1 Å². The number of halogens is 3. The van der Waals surface area contributed by atoms with Crippen LogP contribution in [0.25, 0.3) is 0 Å². The van der Waals surface area contributed by atoms with Gasteiger partial charge in [0.1, 0.15) is 0 Å². The van der Waals surface area contributed by atoms with Gasteiger partial charge in [-0.05, 0) is 24.1 Å². The number of rotatable bonds is 1. The molecular weight excluding hydrogens is 247 g/mol. The van der Waals surface area contributed by atoms with Crippen LogP contribution in [-0.2, 0) is 16.5 Å². The zero-order chi connectivity index (χ0) is 13.4. The maximum atomic E-state index is 12.4. The van der Waals surface area contributed by atoms with Crippen molar-refractivity contribution in [2.24, 2.45) is 5.73 Å². The lowest BCUT2D eigenvalue weighted by Gasteiger charge is -2.38. The molecule has 1 fully saturated rings. The van der Waals surface area contributed by atoms with E-state index >= 15 is 0 Å². The Bertz CT molecular complexity index is 418. The minimum atomic E-state index is -4.37. The van der Waals surface area contributed by atoms with Gasteiger partial charge in [-0.15, -0.1) is 0 Å². The Morgan fingerprint density at radius 1 is 1.28 bits per heavy atom. The van der Waals surface area contributed by atoms with Gasteiger partial charge in [-0.3, -0.25) is 0 Å². The molecule has 3 nitrogen and oxygen atoms in total. The van der Waals surface area contributed by atoms with Crippen molar-refractivity contribution >= 4 is 0 Å². The summed E-state index contributed by atoms with van der Waals surface area (Å²) in [5.41, 5.74) is 4.80. The number of aliphatic hydroxyl groups excluding tert-OH is 1. The number of hydrogen-bond donors (Lipinski definition) is 2. The molecule has 100 valence electrons. The molecule has 1 aromatic rings. The van der Waals surface area contributed by atoms with Crippen LogP contribution in [0.4, 0.5) is 13.2 Å². The van der Waals surface area contributed by atoms with Gasteiger partial charge >= 0.3 is 6.18 Å². The summed E-state index contributed by atoms with van der Waals surface area (Å²) >= 11 is 0. The van der Waals surface area contributed by atoms with E-state index in [1.165, 1.54) is 12.1 Å². The molecule has 6 heteroatoms. The van der Waals surface area contributed by atoms with Crippen LogP contribution in [0, 0.1) is 0 Å². The second kappa shape index (κ2) is 4.53. The third-order valence-corrected chi connectivity index (χ3v) is 3.28. The molecule has 2 atom stereocenters. The fourth-order valence-electron chi connectivity index (χ4n) is 2.06. The monoisotopic (exact) mass is 261 g/mol. The number of nitrogens with two attached hydrogens (primary N) is 1. The van der Waals surface area contributed by atoms with Gasteiger partial charge in [-0.1, -0.05) is 12.1 Å². The van der Waals surface area contributed by atoms with Crippen LogP contribution in [-0.4, -0.2) is 24.4 Å². The second-order valence-electron chi connectivity index (χ2n) is 4.46. The molecule has 0 radical (unpaired) electrons. The standard InChI is InChI=1S/C12H14F3NO2/c13-12(14,15)9-3-1-8(2-4-9)11(16)5-6-18-7-10(11)17/h1-4,10,17H,5-7,16H2. The smallest absolute Gasteiger partial charge is 0.388 e. The molecule has 1 heterocycles. The van der Waals surface area contributed by atoms with Crippen LogP contribution in [0.1, 0.15) is 17.5 Å². The molecule has 1 aliphatic heterocycles. The molecular formula is C12H14F3NO2. The van der Waals surface area contributed by atoms with E-state index in [1.807, 2.05) is 0 Å². The maximum absolute atomic E-state index is 12.4. The van der Waals surface area contributed by atoms with Gasteiger partial charge in [-0.2, -0.15) is 13.2 Å². The SMILES string of the molecule is NC1(c2ccc(C(F)(F)F)cc2)CCOCC1O. The molecule has 1 aromatic carbocycles. The van der Waals surface area contributed by atoms with Crippen LogP contribution >= 0.6 is 0 Å². The van der Waals surface area contributed by atoms with E-state index in [2.05, 4.69) is 0 Å². The van der Waals surface area contributed by atoms with E-state index in [0.29, 0.717) is 18.6 Å². The van der Waals surface area contributed by atoms with E-state index in [-0.39, 0.29) is 6.61 Å². The molecule has 0 aromatic heterocycles. The van der Waals surface area contributed by atoms with E-state index in [1.54, 1.807) is 0 Å². The highest BCUT2D eigenvalue weighted by molar-refractivity contribution is 5.31. The molecule has 1 aliphatic rings. The van der Waals surface area contributed by atoms with Gasteiger partial charge in [0.25, 0.3) is 0 Å². The summed E-state index contributed by atoms with van der Waals surface area (Å²) < 4.78 is 42.4. The van der Waals surface area contributed by atoms with Crippen LogP contribution in [0.2, 0.25) is 0 Å². The fraction of sp³-hybridized carbons (Fsp3) is 0.500. The molecule has 0 bridgehead atoms. The number of benzene rings is 1. The van der Waals surface area contributed by atoms with Crippen molar-refractivity contribution < 1.29 is 23.0 Å². The maximum Gasteiger partial charge on any atom is 0.416 e. The topological polar surface area (TPSA) is 55.5 Å². The van der Waals surface area contributed by atoms with Gasteiger partial charge < -0.3 is 15.6 Å². The van der Waals surface area contributed by atoms with E-state index in [4.69, 9.17) is 10.5 Å². The summed E-state index contributed by atoms with van der Waals surface area (Å²) in [4.78, 5) is 0. The minimum absolute atomic E-state index is 0.0948. The van der Waals surface area contributed by atoms with E-state index in [9.17, 15) is 18.3 Å². The van der Waals surface area contributed by atoms with E-state index < -0.39 is 23.4 Å². The predicted molar refractivity (Wildman–Crippen MR) is 58.8 cm³/mol. The highest BCUT2D eigenvalue weighted by Crippen LogP contribution is 2.33. The molecule has 18 heavy (non-hydrogen) atoms. The van der Waals surface area contributed by atoms with Crippen molar-refractivity contribution in [1.29, 1.82) is 0 Å². The molecule has 0 amide bonds.